The van der Waals surface area contributed by atoms with Crippen LogP contribution in [0.15, 0.2) is 29.4 Å². The largest absolute Gasteiger partial charge is 0.493 e. The smallest absolute Gasteiger partial charge is 0.230 e. The summed E-state index contributed by atoms with van der Waals surface area (Å²) < 4.78 is 0. The van der Waals surface area contributed by atoms with Gasteiger partial charge in [0.25, 0.3) is 0 Å². The van der Waals surface area contributed by atoms with Crippen LogP contribution < -0.4 is 5.32 Å². The van der Waals surface area contributed by atoms with E-state index in [2.05, 4.69) is 20.3 Å². The lowest BCUT2D eigenvalue weighted by Gasteiger charge is -2.09. The number of hydrogen-bond donors (Lipinski definition) is 2. The van der Waals surface area contributed by atoms with E-state index in [1.165, 1.54) is 12.4 Å². The third-order valence-electron chi connectivity index (χ3n) is 2.58. The zero-order chi connectivity index (χ0) is 13.8. The molecule has 0 aliphatic rings. The van der Waals surface area contributed by atoms with E-state index < -0.39 is 0 Å². The molecule has 2 rings (SSSR count). The molecule has 98 valence electrons. The van der Waals surface area contributed by atoms with Crippen LogP contribution in [0.1, 0.15) is 11.1 Å². The Kier molecular flexibility index (Phi) is 3.97. The number of aromatic hydroxyl groups is 1. The predicted octanol–water partition coefficient (Wildman–Crippen LogP) is 2.94. The van der Waals surface area contributed by atoms with Crippen molar-refractivity contribution in [3.8, 4) is 5.88 Å². The van der Waals surface area contributed by atoms with Crippen molar-refractivity contribution in [1.82, 2.24) is 9.97 Å². The quantitative estimate of drug-likeness (QED) is 0.846. The Labute approximate surface area is 116 Å². The third-order valence-corrected chi connectivity index (χ3v) is 2.99. The van der Waals surface area contributed by atoms with Crippen LogP contribution in [0.4, 0.5) is 11.6 Å². The molecule has 0 aliphatic heterocycles. The van der Waals surface area contributed by atoms with Gasteiger partial charge in [-0.05, 0) is 24.6 Å². The van der Waals surface area contributed by atoms with Gasteiger partial charge < -0.3 is 10.4 Å². The molecule has 0 amide bonds. The standard InChI is InChI=1S/C13H13ClN4O/c1-8-10(14)4-3-5-11(8)17-13-16-7-9(6-15-2)12(19)18-13/h3-7H,1-2H3,(H2,16,17,18,19)/b15-6+. The molecule has 0 saturated heterocycles. The van der Waals surface area contributed by atoms with Crippen molar-refractivity contribution in [1.29, 1.82) is 0 Å². The van der Waals surface area contributed by atoms with Gasteiger partial charge in [-0.25, -0.2) is 4.98 Å². The number of nitrogens with zero attached hydrogens (tertiary/aromatic N) is 3. The molecule has 0 spiro atoms. The Morgan fingerprint density at radius 2 is 2.21 bits per heavy atom. The minimum absolute atomic E-state index is 0.122. The number of benzene rings is 1. The highest BCUT2D eigenvalue weighted by atomic mass is 35.5. The van der Waals surface area contributed by atoms with Gasteiger partial charge >= 0.3 is 0 Å². The van der Waals surface area contributed by atoms with E-state index in [-0.39, 0.29) is 5.88 Å². The summed E-state index contributed by atoms with van der Waals surface area (Å²) in [4.78, 5) is 11.9. The second kappa shape index (κ2) is 5.67. The number of aliphatic imine (C=N–C) groups is 1. The summed E-state index contributed by atoms with van der Waals surface area (Å²) in [6, 6.07) is 5.50. The van der Waals surface area contributed by atoms with Gasteiger partial charge in [0.2, 0.25) is 11.8 Å². The molecule has 0 aliphatic carbocycles. The maximum absolute atomic E-state index is 9.72. The highest BCUT2D eigenvalue weighted by molar-refractivity contribution is 6.31. The Morgan fingerprint density at radius 3 is 2.89 bits per heavy atom. The molecular formula is C13H13ClN4O. The summed E-state index contributed by atoms with van der Waals surface area (Å²) in [6.07, 6.45) is 2.99. The van der Waals surface area contributed by atoms with Crippen molar-refractivity contribution in [2.24, 2.45) is 4.99 Å². The first-order valence-corrected chi connectivity index (χ1v) is 6.00. The zero-order valence-corrected chi connectivity index (χ0v) is 11.3. The monoisotopic (exact) mass is 276 g/mol. The lowest BCUT2D eigenvalue weighted by atomic mass is 10.2. The molecule has 0 fully saturated rings. The Balaban J connectivity index is 2.29. The number of hydrogen-bond acceptors (Lipinski definition) is 5. The minimum Gasteiger partial charge on any atom is -0.493 e. The summed E-state index contributed by atoms with van der Waals surface area (Å²) in [5, 5.41) is 13.4. The second-order valence-corrected chi connectivity index (χ2v) is 4.30. The van der Waals surface area contributed by atoms with Crippen molar-refractivity contribution < 1.29 is 5.11 Å². The minimum atomic E-state index is -0.122. The summed E-state index contributed by atoms with van der Waals surface area (Å²) in [5.74, 6) is 0.180. The van der Waals surface area contributed by atoms with Gasteiger partial charge in [0, 0.05) is 30.2 Å². The van der Waals surface area contributed by atoms with Crippen molar-refractivity contribution in [3.05, 3.63) is 40.5 Å². The van der Waals surface area contributed by atoms with Crippen LogP contribution >= 0.6 is 11.6 Å². The first-order chi connectivity index (χ1) is 9.11. The molecule has 0 unspecified atom stereocenters. The van der Waals surface area contributed by atoms with Gasteiger partial charge in [-0.3, -0.25) is 4.99 Å². The molecule has 5 nitrogen and oxygen atoms in total. The molecule has 1 aromatic carbocycles. The van der Waals surface area contributed by atoms with Gasteiger partial charge in [0.1, 0.15) is 0 Å². The molecule has 0 radical (unpaired) electrons. The van der Waals surface area contributed by atoms with E-state index in [4.69, 9.17) is 11.6 Å². The summed E-state index contributed by atoms with van der Waals surface area (Å²) >= 11 is 6.03. The molecule has 1 aromatic heterocycles. The highest BCUT2D eigenvalue weighted by Gasteiger charge is 2.07. The normalized spacial score (nSPS) is 10.9. The van der Waals surface area contributed by atoms with Gasteiger partial charge in [0.15, 0.2) is 0 Å². The second-order valence-electron chi connectivity index (χ2n) is 3.90. The van der Waals surface area contributed by atoms with E-state index in [0.717, 1.165) is 11.3 Å². The number of rotatable bonds is 3. The number of halogens is 1. The van der Waals surface area contributed by atoms with Crippen molar-refractivity contribution >= 4 is 29.5 Å². The van der Waals surface area contributed by atoms with E-state index in [0.29, 0.717) is 16.5 Å². The van der Waals surface area contributed by atoms with Crippen LogP contribution in [0.2, 0.25) is 5.02 Å². The van der Waals surface area contributed by atoms with Gasteiger partial charge in [-0.15, -0.1) is 0 Å². The average Bonchev–Trinajstić information content (AvgIpc) is 2.38. The van der Waals surface area contributed by atoms with Crippen LogP contribution in [0.5, 0.6) is 5.88 Å². The van der Waals surface area contributed by atoms with E-state index >= 15 is 0 Å². The number of aromatic nitrogens is 2. The Morgan fingerprint density at radius 1 is 1.42 bits per heavy atom. The molecular weight excluding hydrogens is 264 g/mol. The molecule has 19 heavy (non-hydrogen) atoms. The molecule has 2 N–H and O–H groups in total. The maximum Gasteiger partial charge on any atom is 0.230 e. The van der Waals surface area contributed by atoms with Crippen LogP contribution in [-0.4, -0.2) is 28.3 Å². The maximum atomic E-state index is 9.72. The zero-order valence-electron chi connectivity index (χ0n) is 10.6. The molecule has 2 aromatic rings. The first kappa shape index (κ1) is 13.3. The molecule has 0 atom stereocenters. The van der Waals surface area contributed by atoms with Crippen LogP contribution in [0.3, 0.4) is 0 Å². The van der Waals surface area contributed by atoms with Gasteiger partial charge in [0.05, 0.1) is 5.56 Å². The SMILES string of the molecule is C/N=C/c1cnc(Nc2cccc(Cl)c2C)nc1O. The summed E-state index contributed by atoms with van der Waals surface area (Å²) in [7, 11) is 1.61. The fraction of sp³-hybridized carbons (Fsp3) is 0.154. The predicted molar refractivity (Wildman–Crippen MR) is 76.7 cm³/mol. The average molecular weight is 277 g/mol. The molecule has 0 saturated carbocycles. The van der Waals surface area contributed by atoms with Crippen LogP contribution in [0, 0.1) is 6.92 Å². The Bertz CT molecular complexity index is 628. The molecule has 1 heterocycles. The van der Waals surface area contributed by atoms with Crippen molar-refractivity contribution in [2.45, 2.75) is 6.92 Å². The fourth-order valence-electron chi connectivity index (χ4n) is 1.54. The van der Waals surface area contributed by atoms with Crippen molar-refractivity contribution in [2.75, 3.05) is 12.4 Å². The number of anilines is 2. The van der Waals surface area contributed by atoms with Crippen LogP contribution in [0.25, 0.3) is 0 Å². The van der Waals surface area contributed by atoms with E-state index in [9.17, 15) is 5.11 Å². The molecule has 0 bridgehead atoms. The summed E-state index contributed by atoms with van der Waals surface area (Å²) in [6.45, 7) is 1.89. The lowest BCUT2D eigenvalue weighted by molar-refractivity contribution is 0.452. The summed E-state index contributed by atoms with van der Waals surface area (Å²) in [5.41, 5.74) is 2.16. The van der Waals surface area contributed by atoms with E-state index in [1.54, 1.807) is 13.1 Å². The highest BCUT2D eigenvalue weighted by Crippen LogP contribution is 2.25. The molecule has 6 heteroatoms. The topological polar surface area (TPSA) is 70.4 Å². The van der Waals surface area contributed by atoms with Crippen molar-refractivity contribution in [3.63, 3.8) is 0 Å². The Hall–Kier alpha value is -2.14. The number of nitrogens with one attached hydrogen (secondary N) is 1. The lowest BCUT2D eigenvalue weighted by Crippen LogP contribution is -2.00. The van der Waals surface area contributed by atoms with E-state index in [1.807, 2.05) is 19.1 Å². The van der Waals surface area contributed by atoms with Crippen LogP contribution in [-0.2, 0) is 0 Å². The fourth-order valence-corrected chi connectivity index (χ4v) is 1.71. The third kappa shape index (κ3) is 3.00. The van der Waals surface area contributed by atoms with Gasteiger partial charge in [-0.1, -0.05) is 17.7 Å². The first-order valence-electron chi connectivity index (χ1n) is 5.62. The van der Waals surface area contributed by atoms with Gasteiger partial charge in [-0.2, -0.15) is 4.98 Å².